The SMILES string of the molecule is c1ccc(-c2nc(-c3cccc4c3oc3ccccc34)nc(-c3cccc4oc5cc(-c6cc(-c7ccccc7)c7c(c6)oc6ccccc67)ccc5c34)n2)cc1. The lowest BCUT2D eigenvalue weighted by molar-refractivity contribution is 0.668. The molecule has 0 fully saturated rings. The Morgan fingerprint density at radius 1 is 0.281 bits per heavy atom. The van der Waals surface area contributed by atoms with Crippen LogP contribution in [0.15, 0.2) is 189 Å². The van der Waals surface area contributed by atoms with E-state index in [9.17, 15) is 0 Å². The number of hydrogen-bond acceptors (Lipinski definition) is 6. The van der Waals surface area contributed by atoms with E-state index in [4.69, 9.17) is 28.2 Å². The standard InChI is InChI=1S/C51H29N3O3/c1-3-13-30(14-4-1)40-27-33(29-45-47(40)36-18-8-10-23-42(36)55-45)32-25-26-37-44(28-32)56-43-24-12-20-38(46(37)43)50-52-49(31-15-5-2-6-16-31)53-51(54-50)39-21-11-19-35-34-17-7-9-22-41(34)57-48(35)39/h1-29H. The summed E-state index contributed by atoms with van der Waals surface area (Å²) in [5.41, 5.74) is 11.7. The summed E-state index contributed by atoms with van der Waals surface area (Å²) < 4.78 is 19.5. The predicted molar refractivity (Wildman–Crippen MR) is 229 cm³/mol. The molecule has 0 aliphatic rings. The van der Waals surface area contributed by atoms with Crippen molar-refractivity contribution in [3.05, 3.63) is 176 Å². The molecule has 4 aromatic heterocycles. The lowest BCUT2D eigenvalue weighted by Gasteiger charge is -2.10. The fourth-order valence-corrected chi connectivity index (χ4v) is 8.31. The van der Waals surface area contributed by atoms with Crippen molar-refractivity contribution in [2.45, 2.75) is 0 Å². The Morgan fingerprint density at radius 3 is 1.67 bits per heavy atom. The molecule has 0 bridgehead atoms. The molecule has 0 amide bonds. The van der Waals surface area contributed by atoms with E-state index in [1.807, 2.05) is 91.0 Å². The van der Waals surface area contributed by atoms with E-state index in [1.54, 1.807) is 0 Å². The van der Waals surface area contributed by atoms with Crippen LogP contribution in [0.1, 0.15) is 0 Å². The van der Waals surface area contributed by atoms with Gasteiger partial charge in [-0.15, -0.1) is 0 Å². The van der Waals surface area contributed by atoms with Gasteiger partial charge in [0.2, 0.25) is 0 Å². The lowest BCUT2D eigenvalue weighted by atomic mass is 9.94. The Hall–Kier alpha value is -7.83. The van der Waals surface area contributed by atoms with Gasteiger partial charge in [-0.05, 0) is 70.8 Å². The van der Waals surface area contributed by atoms with Gasteiger partial charge in [-0.1, -0.05) is 127 Å². The number of aromatic nitrogens is 3. The summed E-state index contributed by atoms with van der Waals surface area (Å²) in [7, 11) is 0. The van der Waals surface area contributed by atoms with E-state index in [0.29, 0.717) is 17.5 Å². The van der Waals surface area contributed by atoms with E-state index in [2.05, 4.69) is 84.9 Å². The number of rotatable bonds is 5. The highest BCUT2D eigenvalue weighted by Gasteiger charge is 2.21. The van der Waals surface area contributed by atoms with Gasteiger partial charge in [0.15, 0.2) is 17.5 Å². The molecule has 0 unspecified atom stereocenters. The second-order valence-electron chi connectivity index (χ2n) is 14.3. The molecule has 12 aromatic rings. The van der Waals surface area contributed by atoms with E-state index in [1.165, 1.54) is 0 Å². The van der Waals surface area contributed by atoms with Crippen LogP contribution in [0.3, 0.4) is 0 Å². The molecule has 6 nitrogen and oxygen atoms in total. The molecule has 0 aliphatic heterocycles. The van der Waals surface area contributed by atoms with Crippen LogP contribution >= 0.6 is 0 Å². The minimum atomic E-state index is 0.533. The summed E-state index contributed by atoms with van der Waals surface area (Å²) in [5.74, 6) is 1.66. The molecule has 266 valence electrons. The summed E-state index contributed by atoms with van der Waals surface area (Å²) in [6, 6.07) is 59.8. The van der Waals surface area contributed by atoms with Gasteiger partial charge < -0.3 is 13.3 Å². The third kappa shape index (κ3) is 5.01. The molecule has 0 N–H and O–H groups in total. The normalized spacial score (nSPS) is 11.9. The molecule has 0 atom stereocenters. The van der Waals surface area contributed by atoms with Crippen molar-refractivity contribution in [3.63, 3.8) is 0 Å². The molecule has 0 spiro atoms. The van der Waals surface area contributed by atoms with E-state index < -0.39 is 0 Å². The largest absolute Gasteiger partial charge is 0.456 e. The van der Waals surface area contributed by atoms with Crippen LogP contribution in [-0.4, -0.2) is 15.0 Å². The zero-order valence-corrected chi connectivity index (χ0v) is 30.3. The molecular weight excluding hydrogens is 703 g/mol. The summed E-state index contributed by atoms with van der Waals surface area (Å²) in [5, 5.41) is 6.19. The molecule has 0 radical (unpaired) electrons. The van der Waals surface area contributed by atoms with Crippen molar-refractivity contribution in [1.29, 1.82) is 0 Å². The average Bonchev–Trinajstić information content (AvgIpc) is 3.97. The second kappa shape index (κ2) is 12.3. The van der Waals surface area contributed by atoms with Crippen molar-refractivity contribution in [1.82, 2.24) is 15.0 Å². The quantitative estimate of drug-likeness (QED) is 0.175. The Morgan fingerprint density at radius 2 is 0.842 bits per heavy atom. The molecule has 8 aromatic carbocycles. The van der Waals surface area contributed by atoms with Crippen LogP contribution in [0.5, 0.6) is 0 Å². The Bertz CT molecular complexity index is 3530. The summed E-state index contributed by atoms with van der Waals surface area (Å²) in [6.45, 7) is 0. The van der Waals surface area contributed by atoms with Gasteiger partial charge in [-0.2, -0.15) is 0 Å². The summed E-state index contributed by atoms with van der Waals surface area (Å²) in [6.07, 6.45) is 0. The number of furan rings is 3. The average molecular weight is 732 g/mol. The minimum Gasteiger partial charge on any atom is -0.456 e. The number of para-hydroxylation sites is 3. The van der Waals surface area contributed by atoms with Crippen molar-refractivity contribution in [3.8, 4) is 56.4 Å². The first-order valence-corrected chi connectivity index (χ1v) is 18.9. The fourth-order valence-electron chi connectivity index (χ4n) is 8.31. The monoisotopic (exact) mass is 731 g/mol. The Balaban J connectivity index is 1.04. The van der Waals surface area contributed by atoms with Gasteiger partial charge in [0.25, 0.3) is 0 Å². The Labute approximate surface area is 325 Å². The number of fused-ring (bicyclic) bond motifs is 9. The molecule has 57 heavy (non-hydrogen) atoms. The molecule has 0 saturated heterocycles. The highest BCUT2D eigenvalue weighted by atomic mass is 16.3. The van der Waals surface area contributed by atoms with E-state index in [0.717, 1.165) is 105 Å². The number of hydrogen-bond donors (Lipinski definition) is 0. The van der Waals surface area contributed by atoms with Crippen LogP contribution in [0.25, 0.3) is 122 Å². The smallest absolute Gasteiger partial charge is 0.167 e. The van der Waals surface area contributed by atoms with Crippen LogP contribution < -0.4 is 0 Å². The predicted octanol–water partition coefficient (Wildman–Crippen LogP) is 13.9. The van der Waals surface area contributed by atoms with Gasteiger partial charge in [0.1, 0.15) is 33.5 Å². The first kappa shape index (κ1) is 31.5. The highest BCUT2D eigenvalue weighted by molar-refractivity contribution is 6.15. The lowest BCUT2D eigenvalue weighted by Crippen LogP contribution is -2.00. The first-order valence-electron chi connectivity index (χ1n) is 18.9. The zero-order valence-electron chi connectivity index (χ0n) is 30.3. The molecular formula is C51H29N3O3. The van der Waals surface area contributed by atoms with Gasteiger partial charge in [-0.25, -0.2) is 15.0 Å². The van der Waals surface area contributed by atoms with Gasteiger partial charge in [0.05, 0.1) is 5.56 Å². The molecule has 12 rings (SSSR count). The summed E-state index contributed by atoms with van der Waals surface area (Å²) >= 11 is 0. The third-order valence-electron chi connectivity index (χ3n) is 10.9. The maximum Gasteiger partial charge on any atom is 0.167 e. The van der Waals surface area contributed by atoms with Gasteiger partial charge >= 0.3 is 0 Å². The molecule has 6 heteroatoms. The highest BCUT2D eigenvalue weighted by Crippen LogP contribution is 2.43. The van der Waals surface area contributed by atoms with Crippen LogP contribution in [0, 0.1) is 0 Å². The summed E-state index contributed by atoms with van der Waals surface area (Å²) in [4.78, 5) is 15.3. The van der Waals surface area contributed by atoms with Crippen molar-refractivity contribution >= 4 is 65.8 Å². The van der Waals surface area contributed by atoms with Crippen LogP contribution in [0.2, 0.25) is 0 Å². The number of nitrogens with zero attached hydrogens (tertiary/aromatic N) is 3. The first-order chi connectivity index (χ1) is 28.2. The van der Waals surface area contributed by atoms with E-state index in [-0.39, 0.29) is 0 Å². The molecule has 4 heterocycles. The third-order valence-corrected chi connectivity index (χ3v) is 10.9. The minimum absolute atomic E-state index is 0.533. The van der Waals surface area contributed by atoms with Crippen LogP contribution in [0.4, 0.5) is 0 Å². The van der Waals surface area contributed by atoms with Gasteiger partial charge in [-0.3, -0.25) is 0 Å². The second-order valence-corrected chi connectivity index (χ2v) is 14.3. The molecule has 0 aliphatic carbocycles. The topological polar surface area (TPSA) is 78.1 Å². The fraction of sp³-hybridized carbons (Fsp3) is 0. The zero-order chi connectivity index (χ0) is 37.5. The van der Waals surface area contributed by atoms with E-state index >= 15 is 0 Å². The van der Waals surface area contributed by atoms with Gasteiger partial charge in [0, 0.05) is 43.4 Å². The van der Waals surface area contributed by atoms with Crippen molar-refractivity contribution in [2.24, 2.45) is 0 Å². The maximum atomic E-state index is 6.64. The maximum absolute atomic E-state index is 6.64. The van der Waals surface area contributed by atoms with Crippen molar-refractivity contribution in [2.75, 3.05) is 0 Å². The Kier molecular flexibility index (Phi) is 6.83. The van der Waals surface area contributed by atoms with Crippen LogP contribution in [-0.2, 0) is 0 Å². The van der Waals surface area contributed by atoms with Crippen molar-refractivity contribution < 1.29 is 13.3 Å². The molecule has 0 saturated carbocycles. The number of benzene rings is 8.